The first-order chi connectivity index (χ1) is 10.7. The third-order valence-electron chi connectivity index (χ3n) is 4.38. The minimum absolute atomic E-state index is 0.583. The van der Waals surface area contributed by atoms with Crippen LogP contribution < -0.4 is 10.6 Å². The van der Waals surface area contributed by atoms with Gasteiger partial charge in [0.15, 0.2) is 0 Å². The van der Waals surface area contributed by atoms with Crippen LogP contribution in [0.25, 0.3) is 0 Å². The van der Waals surface area contributed by atoms with Gasteiger partial charge in [0.25, 0.3) is 0 Å². The third kappa shape index (κ3) is 3.37. The van der Waals surface area contributed by atoms with Crippen LogP contribution in [-0.2, 0) is 0 Å². The summed E-state index contributed by atoms with van der Waals surface area (Å²) in [5, 5.41) is 14.8. The lowest BCUT2D eigenvalue weighted by Gasteiger charge is -2.23. The van der Waals surface area contributed by atoms with Gasteiger partial charge >= 0.3 is 0 Å². The minimum Gasteiger partial charge on any atom is -0.361 e. The highest BCUT2D eigenvalue weighted by Gasteiger charge is 2.14. The molecular weight excluding hydrogens is 270 g/mol. The van der Waals surface area contributed by atoms with Gasteiger partial charge in [-0.2, -0.15) is 0 Å². The number of anilines is 1. The first-order valence-electron chi connectivity index (χ1n) is 7.96. The van der Waals surface area contributed by atoms with Crippen LogP contribution in [0.4, 0.5) is 5.69 Å². The highest BCUT2D eigenvalue weighted by molar-refractivity contribution is 6.13. The molecule has 1 heterocycles. The summed E-state index contributed by atoms with van der Waals surface area (Å²) in [6.07, 6.45) is 10.4. The van der Waals surface area contributed by atoms with Gasteiger partial charge in [0.05, 0.1) is 5.71 Å². The van der Waals surface area contributed by atoms with Crippen molar-refractivity contribution in [1.29, 1.82) is 5.41 Å². The van der Waals surface area contributed by atoms with Gasteiger partial charge in [-0.3, -0.25) is 5.41 Å². The van der Waals surface area contributed by atoms with Gasteiger partial charge in [-0.1, -0.05) is 30.4 Å². The molecule has 2 aliphatic rings. The largest absolute Gasteiger partial charge is 0.361 e. The SMILES string of the molecule is CC1=CC=C/C(=C/Nc2ccc(C3CCCNC3)cc2)C1=N. The van der Waals surface area contributed by atoms with Crippen molar-refractivity contribution in [3.8, 4) is 0 Å². The topological polar surface area (TPSA) is 47.9 Å². The number of rotatable bonds is 3. The van der Waals surface area contributed by atoms with Crippen LogP contribution in [0, 0.1) is 5.41 Å². The molecule has 0 amide bonds. The quantitative estimate of drug-likeness (QED) is 0.789. The zero-order valence-electron chi connectivity index (χ0n) is 13.0. The predicted octanol–water partition coefficient (Wildman–Crippen LogP) is 3.99. The fourth-order valence-corrected chi connectivity index (χ4v) is 2.96. The molecule has 1 aliphatic heterocycles. The molecule has 114 valence electrons. The van der Waals surface area contributed by atoms with E-state index in [2.05, 4.69) is 34.9 Å². The smallest absolute Gasteiger partial charge is 0.0655 e. The summed E-state index contributed by atoms with van der Waals surface area (Å²) in [6, 6.07) is 8.68. The molecule has 3 heteroatoms. The van der Waals surface area contributed by atoms with Crippen LogP contribution in [0.1, 0.15) is 31.2 Å². The normalized spacial score (nSPS) is 23.5. The lowest BCUT2D eigenvalue weighted by molar-refractivity contribution is 0.461. The summed E-state index contributed by atoms with van der Waals surface area (Å²) in [7, 11) is 0. The van der Waals surface area contributed by atoms with E-state index in [9.17, 15) is 0 Å². The van der Waals surface area contributed by atoms with E-state index in [4.69, 9.17) is 5.41 Å². The number of hydrogen-bond acceptors (Lipinski definition) is 3. The highest BCUT2D eigenvalue weighted by atomic mass is 14.9. The van der Waals surface area contributed by atoms with E-state index >= 15 is 0 Å². The second kappa shape index (κ2) is 6.75. The van der Waals surface area contributed by atoms with Crippen molar-refractivity contribution in [2.24, 2.45) is 0 Å². The van der Waals surface area contributed by atoms with Crippen LogP contribution >= 0.6 is 0 Å². The second-order valence-corrected chi connectivity index (χ2v) is 5.99. The standard InChI is InChI=1S/C19H23N3/c1-14-4-2-5-17(19(14)20)13-22-18-9-7-15(8-10-18)16-6-3-11-21-12-16/h2,4-5,7-10,13,16,20-22H,3,6,11-12H2,1H3/b17-13-,20-19?. The maximum absolute atomic E-state index is 8.05. The summed E-state index contributed by atoms with van der Waals surface area (Å²) in [5.74, 6) is 0.642. The van der Waals surface area contributed by atoms with Gasteiger partial charge in [0.2, 0.25) is 0 Å². The number of piperidine rings is 1. The molecule has 1 unspecified atom stereocenters. The average molecular weight is 293 g/mol. The molecule has 1 atom stereocenters. The number of hydrogen-bond donors (Lipinski definition) is 3. The van der Waals surface area contributed by atoms with E-state index in [1.54, 1.807) is 0 Å². The second-order valence-electron chi connectivity index (χ2n) is 5.99. The Morgan fingerprint density at radius 3 is 2.82 bits per heavy atom. The molecule has 0 saturated carbocycles. The molecule has 0 aromatic heterocycles. The molecule has 3 rings (SSSR count). The Hall–Kier alpha value is -2.13. The Morgan fingerprint density at radius 2 is 2.09 bits per heavy atom. The fourth-order valence-electron chi connectivity index (χ4n) is 2.96. The van der Waals surface area contributed by atoms with Crippen molar-refractivity contribution in [3.63, 3.8) is 0 Å². The van der Waals surface area contributed by atoms with Crippen LogP contribution in [0.2, 0.25) is 0 Å². The Labute approximate surface area is 132 Å². The summed E-state index contributed by atoms with van der Waals surface area (Å²) in [6.45, 7) is 4.20. The molecule has 0 radical (unpaired) electrons. The molecule has 3 N–H and O–H groups in total. The maximum Gasteiger partial charge on any atom is 0.0655 e. The van der Waals surface area contributed by atoms with E-state index in [-0.39, 0.29) is 0 Å². The maximum atomic E-state index is 8.05. The number of benzene rings is 1. The van der Waals surface area contributed by atoms with Crippen LogP contribution in [0.5, 0.6) is 0 Å². The van der Waals surface area contributed by atoms with Gasteiger partial charge < -0.3 is 10.6 Å². The molecule has 0 spiro atoms. The van der Waals surface area contributed by atoms with Crippen LogP contribution in [0.3, 0.4) is 0 Å². The van der Waals surface area contributed by atoms with Gasteiger partial charge in [-0.05, 0) is 55.5 Å². The Morgan fingerprint density at radius 1 is 1.27 bits per heavy atom. The lowest BCUT2D eigenvalue weighted by atomic mass is 9.91. The number of nitrogens with one attached hydrogen (secondary N) is 3. The van der Waals surface area contributed by atoms with Gasteiger partial charge in [-0.25, -0.2) is 0 Å². The molecule has 1 saturated heterocycles. The molecule has 1 aromatic rings. The van der Waals surface area contributed by atoms with Crippen molar-refractivity contribution in [2.45, 2.75) is 25.7 Å². The van der Waals surface area contributed by atoms with Crippen molar-refractivity contribution < 1.29 is 0 Å². The van der Waals surface area contributed by atoms with Gasteiger partial charge in [0, 0.05) is 24.0 Å². The lowest BCUT2D eigenvalue weighted by Crippen LogP contribution is -2.28. The zero-order valence-corrected chi connectivity index (χ0v) is 13.0. The Kier molecular flexibility index (Phi) is 4.54. The molecule has 1 aliphatic carbocycles. The third-order valence-corrected chi connectivity index (χ3v) is 4.38. The number of allylic oxidation sites excluding steroid dienone is 5. The van der Waals surface area contributed by atoms with E-state index in [0.717, 1.165) is 29.9 Å². The van der Waals surface area contributed by atoms with E-state index in [1.807, 2.05) is 31.4 Å². The first-order valence-corrected chi connectivity index (χ1v) is 7.96. The summed E-state index contributed by atoms with van der Waals surface area (Å²) < 4.78 is 0. The van der Waals surface area contributed by atoms with Gasteiger partial charge in [-0.15, -0.1) is 0 Å². The van der Waals surface area contributed by atoms with E-state index < -0.39 is 0 Å². The monoisotopic (exact) mass is 293 g/mol. The first kappa shape index (κ1) is 14.8. The predicted molar refractivity (Wildman–Crippen MR) is 93.6 cm³/mol. The fraction of sp³-hybridized carbons (Fsp3) is 0.316. The summed E-state index contributed by atoms with van der Waals surface area (Å²) in [5.41, 5.74) is 4.97. The Balaban J connectivity index is 1.65. The van der Waals surface area contributed by atoms with Crippen LogP contribution in [-0.4, -0.2) is 18.8 Å². The van der Waals surface area contributed by atoms with E-state index in [0.29, 0.717) is 11.6 Å². The highest BCUT2D eigenvalue weighted by Crippen LogP contribution is 2.24. The van der Waals surface area contributed by atoms with Crippen molar-refractivity contribution >= 4 is 11.4 Å². The molecule has 1 aromatic carbocycles. The summed E-state index contributed by atoms with van der Waals surface area (Å²) in [4.78, 5) is 0. The molecular formula is C19H23N3. The molecule has 1 fully saturated rings. The van der Waals surface area contributed by atoms with E-state index in [1.165, 1.54) is 18.4 Å². The molecule has 3 nitrogen and oxygen atoms in total. The minimum atomic E-state index is 0.583. The van der Waals surface area contributed by atoms with Crippen molar-refractivity contribution in [1.82, 2.24) is 5.32 Å². The van der Waals surface area contributed by atoms with Crippen molar-refractivity contribution in [3.05, 3.63) is 65.4 Å². The van der Waals surface area contributed by atoms with Gasteiger partial charge in [0.1, 0.15) is 0 Å². The average Bonchev–Trinajstić information content (AvgIpc) is 2.57. The van der Waals surface area contributed by atoms with Crippen molar-refractivity contribution in [2.75, 3.05) is 18.4 Å². The molecule has 22 heavy (non-hydrogen) atoms. The molecule has 0 bridgehead atoms. The summed E-state index contributed by atoms with van der Waals surface area (Å²) >= 11 is 0. The van der Waals surface area contributed by atoms with Crippen LogP contribution in [0.15, 0.2) is 59.8 Å². The zero-order chi connectivity index (χ0) is 15.4. The Bertz CT molecular complexity index is 629.